The van der Waals surface area contributed by atoms with Gasteiger partial charge in [0.2, 0.25) is 0 Å². The average molecular weight is 264 g/mol. The van der Waals surface area contributed by atoms with E-state index in [0.717, 1.165) is 11.8 Å². The third-order valence-electron chi connectivity index (χ3n) is 5.89. The molecular weight excluding hydrogens is 240 g/mol. The molecule has 19 heavy (non-hydrogen) atoms. The van der Waals surface area contributed by atoms with E-state index in [4.69, 9.17) is 4.74 Å². The summed E-state index contributed by atoms with van der Waals surface area (Å²) in [7, 11) is 0. The summed E-state index contributed by atoms with van der Waals surface area (Å²) in [6.07, 6.45) is 5.28. The van der Waals surface area contributed by atoms with Crippen molar-refractivity contribution in [1.29, 1.82) is 0 Å². The van der Waals surface area contributed by atoms with E-state index in [9.17, 15) is 9.90 Å². The highest BCUT2D eigenvalue weighted by Crippen LogP contribution is 2.63. The summed E-state index contributed by atoms with van der Waals surface area (Å²) in [6.45, 7) is 6.02. The molecule has 0 aromatic carbocycles. The molecule has 3 nitrogen and oxygen atoms in total. The Kier molecular flexibility index (Phi) is 3.42. The minimum atomic E-state index is -0.289. The van der Waals surface area contributed by atoms with Crippen molar-refractivity contribution in [3.63, 3.8) is 0 Å². The Morgan fingerprint density at radius 3 is 2.42 bits per heavy atom. The molecule has 0 radical (unpaired) electrons. The van der Waals surface area contributed by atoms with Crippen molar-refractivity contribution >= 4 is 5.97 Å². The maximum absolute atomic E-state index is 11.5. The Bertz CT molecular complexity index is 389. The van der Waals surface area contributed by atoms with Gasteiger partial charge in [-0.15, -0.1) is 0 Å². The van der Waals surface area contributed by atoms with E-state index in [0.29, 0.717) is 35.9 Å². The summed E-state index contributed by atoms with van der Waals surface area (Å²) in [5.41, 5.74) is 0.461. The van der Waals surface area contributed by atoms with Gasteiger partial charge in [0.25, 0.3) is 0 Å². The fourth-order valence-electron chi connectivity index (χ4n) is 5.18. The van der Waals surface area contributed by atoms with Crippen LogP contribution in [0.1, 0.15) is 32.6 Å². The van der Waals surface area contributed by atoms with Crippen LogP contribution in [-0.2, 0) is 9.53 Å². The molecule has 0 amide bonds. The predicted molar refractivity (Wildman–Crippen MR) is 72.3 cm³/mol. The number of fused-ring (bicyclic) bond motifs is 5. The molecular formula is C16H24O3. The summed E-state index contributed by atoms with van der Waals surface area (Å²) in [6, 6.07) is 0. The summed E-state index contributed by atoms with van der Waals surface area (Å²) in [5.74, 6) is 3.46. The fourth-order valence-corrected chi connectivity index (χ4v) is 5.18. The number of esters is 1. The molecule has 3 saturated carbocycles. The van der Waals surface area contributed by atoms with E-state index in [1.807, 2.05) is 0 Å². The van der Waals surface area contributed by atoms with E-state index < -0.39 is 0 Å². The van der Waals surface area contributed by atoms with Crippen molar-refractivity contribution in [3.8, 4) is 0 Å². The molecule has 2 bridgehead atoms. The zero-order valence-electron chi connectivity index (χ0n) is 11.7. The molecule has 1 N–H and O–H groups in total. The fraction of sp³-hybridized carbons (Fsp3) is 0.812. The first-order valence-corrected chi connectivity index (χ1v) is 7.57. The Labute approximate surface area is 115 Å². The van der Waals surface area contributed by atoms with Crippen LogP contribution in [0.2, 0.25) is 0 Å². The highest BCUT2D eigenvalue weighted by atomic mass is 16.5. The molecule has 0 saturated heterocycles. The zero-order valence-corrected chi connectivity index (χ0v) is 11.7. The van der Waals surface area contributed by atoms with Gasteiger partial charge < -0.3 is 9.84 Å². The quantitative estimate of drug-likeness (QED) is 0.626. The van der Waals surface area contributed by atoms with Gasteiger partial charge in [-0.25, -0.2) is 4.79 Å². The molecule has 3 aliphatic rings. The molecule has 3 aliphatic carbocycles. The van der Waals surface area contributed by atoms with Crippen molar-refractivity contribution in [1.82, 2.24) is 0 Å². The van der Waals surface area contributed by atoms with E-state index in [1.165, 1.54) is 25.7 Å². The van der Waals surface area contributed by atoms with E-state index in [-0.39, 0.29) is 12.6 Å². The number of carbonyl (C=O) groups is 1. The van der Waals surface area contributed by atoms with Gasteiger partial charge in [0, 0.05) is 18.1 Å². The van der Waals surface area contributed by atoms with Crippen molar-refractivity contribution in [2.45, 2.75) is 32.6 Å². The second-order valence-corrected chi connectivity index (χ2v) is 6.71. The lowest BCUT2D eigenvalue weighted by Crippen LogP contribution is -2.37. The van der Waals surface area contributed by atoms with Crippen molar-refractivity contribution in [2.75, 3.05) is 13.2 Å². The van der Waals surface area contributed by atoms with Gasteiger partial charge in [-0.1, -0.05) is 13.0 Å². The molecule has 6 unspecified atom stereocenters. The van der Waals surface area contributed by atoms with Crippen molar-refractivity contribution < 1.29 is 14.6 Å². The largest absolute Gasteiger partial charge is 0.462 e. The molecule has 3 fully saturated rings. The van der Waals surface area contributed by atoms with E-state index in [2.05, 4.69) is 6.58 Å². The van der Waals surface area contributed by atoms with E-state index in [1.54, 1.807) is 6.92 Å². The number of rotatable bonds is 4. The topological polar surface area (TPSA) is 46.5 Å². The second-order valence-electron chi connectivity index (χ2n) is 6.71. The first kappa shape index (κ1) is 13.2. The minimum Gasteiger partial charge on any atom is -0.462 e. The van der Waals surface area contributed by atoms with Gasteiger partial charge >= 0.3 is 5.97 Å². The molecule has 0 spiro atoms. The van der Waals surface area contributed by atoms with E-state index >= 15 is 0 Å². The standard InChI is InChI=1S/C16H24O3/c1-9(2)16(18)19-8-15-13-6-12(14(15)7-17)10-4-3-5-11(10)13/h10-15,17H,1,3-8H2,2H3. The highest BCUT2D eigenvalue weighted by Gasteiger charge is 2.58. The monoisotopic (exact) mass is 264 g/mol. The van der Waals surface area contributed by atoms with Gasteiger partial charge in [-0.2, -0.15) is 0 Å². The lowest BCUT2D eigenvalue weighted by Gasteiger charge is -2.37. The molecule has 3 rings (SSSR count). The summed E-state index contributed by atoms with van der Waals surface area (Å²) >= 11 is 0. The lowest BCUT2D eigenvalue weighted by atomic mass is 9.70. The Balaban J connectivity index is 1.67. The summed E-state index contributed by atoms with van der Waals surface area (Å²) in [5, 5.41) is 9.69. The smallest absolute Gasteiger partial charge is 0.333 e. The van der Waals surface area contributed by atoms with Gasteiger partial charge in [0.1, 0.15) is 0 Å². The zero-order chi connectivity index (χ0) is 13.6. The summed E-state index contributed by atoms with van der Waals surface area (Å²) < 4.78 is 5.37. The molecule has 3 heteroatoms. The first-order chi connectivity index (χ1) is 9.13. The second kappa shape index (κ2) is 4.93. The molecule has 0 aromatic rings. The molecule has 0 heterocycles. The van der Waals surface area contributed by atoms with Gasteiger partial charge in [-0.05, 0) is 55.8 Å². The maximum atomic E-state index is 11.5. The maximum Gasteiger partial charge on any atom is 0.333 e. The van der Waals surface area contributed by atoms with Crippen LogP contribution in [0.3, 0.4) is 0 Å². The molecule has 106 valence electrons. The normalized spacial score (nSPS) is 43.3. The number of aliphatic hydroxyl groups excluding tert-OH is 1. The first-order valence-electron chi connectivity index (χ1n) is 7.57. The van der Waals surface area contributed by atoms with Crippen LogP contribution in [0.15, 0.2) is 12.2 Å². The average Bonchev–Trinajstić information content (AvgIpc) is 3.05. The van der Waals surface area contributed by atoms with Crippen LogP contribution in [0.25, 0.3) is 0 Å². The molecule has 0 aliphatic heterocycles. The van der Waals surface area contributed by atoms with Crippen LogP contribution >= 0.6 is 0 Å². The number of ether oxygens (including phenoxy) is 1. The highest BCUT2D eigenvalue weighted by molar-refractivity contribution is 5.86. The van der Waals surface area contributed by atoms with Crippen LogP contribution in [0.4, 0.5) is 0 Å². The van der Waals surface area contributed by atoms with Gasteiger partial charge in [0.05, 0.1) is 6.61 Å². The van der Waals surface area contributed by atoms with Crippen molar-refractivity contribution in [3.05, 3.63) is 12.2 Å². The number of carbonyl (C=O) groups excluding carboxylic acids is 1. The lowest BCUT2D eigenvalue weighted by molar-refractivity contribution is -0.142. The molecule has 6 atom stereocenters. The van der Waals surface area contributed by atoms with Gasteiger partial charge in [-0.3, -0.25) is 0 Å². The minimum absolute atomic E-state index is 0.250. The molecule has 0 aromatic heterocycles. The SMILES string of the molecule is C=C(C)C(=O)OCC1C(CO)C2CC1C1CCCC12. The predicted octanol–water partition coefficient (Wildman–Crippen LogP) is 2.40. The van der Waals surface area contributed by atoms with Gasteiger partial charge in [0.15, 0.2) is 0 Å². The Hall–Kier alpha value is -0.830. The van der Waals surface area contributed by atoms with Crippen molar-refractivity contribution in [2.24, 2.45) is 35.5 Å². The summed E-state index contributed by atoms with van der Waals surface area (Å²) in [4.78, 5) is 11.5. The third-order valence-corrected chi connectivity index (χ3v) is 5.89. The Morgan fingerprint density at radius 2 is 1.84 bits per heavy atom. The van der Waals surface area contributed by atoms with Crippen LogP contribution in [0, 0.1) is 35.5 Å². The number of aliphatic hydroxyl groups is 1. The Morgan fingerprint density at radius 1 is 1.21 bits per heavy atom. The third kappa shape index (κ3) is 2.03. The van der Waals surface area contributed by atoms with Crippen LogP contribution in [0.5, 0.6) is 0 Å². The number of hydrogen-bond acceptors (Lipinski definition) is 3. The van der Waals surface area contributed by atoms with Crippen LogP contribution in [-0.4, -0.2) is 24.3 Å². The van der Waals surface area contributed by atoms with Crippen LogP contribution < -0.4 is 0 Å². The number of hydrogen-bond donors (Lipinski definition) is 1.